The minimum absolute atomic E-state index is 0.0974. The molecule has 138 valence electrons. The number of phenolic OH excluding ortho intramolecular Hbond substituents is 1. The molecule has 3 aromatic rings. The van der Waals surface area contributed by atoms with E-state index in [1.165, 1.54) is 17.5 Å². The number of nitrogens with zero attached hydrogens (tertiary/aromatic N) is 4. The molecule has 1 aliphatic rings. The van der Waals surface area contributed by atoms with E-state index in [0.717, 1.165) is 35.1 Å². The van der Waals surface area contributed by atoms with Crippen LogP contribution in [0.2, 0.25) is 0 Å². The first-order valence-corrected chi connectivity index (χ1v) is 8.70. The lowest BCUT2D eigenvalue weighted by atomic mass is 10.1. The maximum Gasteiger partial charge on any atom is 0.164 e. The molecule has 0 fully saturated rings. The van der Waals surface area contributed by atoms with E-state index in [1.807, 2.05) is 22.9 Å². The molecule has 0 spiro atoms. The minimum Gasteiger partial charge on any atom is -0.508 e. The number of hydrogen-bond donors (Lipinski definition) is 2. The third-order valence-electron chi connectivity index (χ3n) is 4.82. The number of nitrogens with two attached hydrogens (primary N) is 1. The molecule has 0 saturated heterocycles. The summed E-state index contributed by atoms with van der Waals surface area (Å²) in [4.78, 5) is 8.58. The Labute approximate surface area is 158 Å². The van der Waals surface area contributed by atoms with E-state index in [-0.39, 0.29) is 11.8 Å². The summed E-state index contributed by atoms with van der Waals surface area (Å²) in [6, 6.07) is 7.00. The molecule has 4 rings (SSSR count). The average molecular weight is 361 g/mol. The van der Waals surface area contributed by atoms with Crippen molar-refractivity contribution in [1.29, 1.82) is 0 Å². The zero-order valence-electron chi connectivity index (χ0n) is 15.4. The van der Waals surface area contributed by atoms with Crippen LogP contribution in [0.1, 0.15) is 25.8 Å². The first-order valence-electron chi connectivity index (χ1n) is 8.70. The normalized spacial score (nSPS) is 16.3. The van der Waals surface area contributed by atoms with Crippen molar-refractivity contribution in [1.82, 2.24) is 19.7 Å². The minimum atomic E-state index is 0.0974. The Morgan fingerprint density at radius 2 is 1.93 bits per heavy atom. The van der Waals surface area contributed by atoms with Gasteiger partial charge in [-0.2, -0.15) is 5.10 Å². The number of hydrogen-bond acceptors (Lipinski definition) is 5. The van der Waals surface area contributed by atoms with Gasteiger partial charge < -0.3 is 10.8 Å². The van der Waals surface area contributed by atoms with Gasteiger partial charge in [-0.1, -0.05) is 18.2 Å². The number of anilines is 1. The standard InChI is InChI=1S/C19H19N5O.C2H4/c1-3-14-11(2)4-9-15(14)24-19-16(18(20)21-10-22-19)17(23-24)12-5-7-13(25)8-6-12;1-2/h3,5-8,10,15,25H,1,4,9H2,2H3,(H2,20,21,22);1-2H2. The van der Waals surface area contributed by atoms with E-state index < -0.39 is 0 Å². The van der Waals surface area contributed by atoms with E-state index in [9.17, 15) is 5.11 Å². The Hall–Kier alpha value is -3.41. The van der Waals surface area contributed by atoms with Gasteiger partial charge in [-0.25, -0.2) is 14.6 Å². The lowest BCUT2D eigenvalue weighted by Gasteiger charge is -2.14. The smallest absolute Gasteiger partial charge is 0.164 e. The van der Waals surface area contributed by atoms with Crippen molar-refractivity contribution in [2.75, 3.05) is 5.73 Å². The van der Waals surface area contributed by atoms with Gasteiger partial charge >= 0.3 is 0 Å². The highest BCUT2D eigenvalue weighted by atomic mass is 16.3. The summed E-state index contributed by atoms with van der Waals surface area (Å²) in [5.74, 6) is 0.609. The molecule has 3 N–H and O–H groups in total. The molecule has 2 aromatic heterocycles. The molecule has 0 bridgehead atoms. The maximum absolute atomic E-state index is 9.55. The molecule has 1 aliphatic carbocycles. The number of fused-ring (bicyclic) bond motifs is 1. The average Bonchev–Trinajstić information content (AvgIpc) is 3.25. The van der Waals surface area contributed by atoms with Gasteiger partial charge in [-0.05, 0) is 49.6 Å². The lowest BCUT2D eigenvalue weighted by Crippen LogP contribution is -2.10. The monoisotopic (exact) mass is 361 g/mol. The predicted octanol–water partition coefficient (Wildman–Crippen LogP) is 4.42. The van der Waals surface area contributed by atoms with Crippen LogP contribution in [-0.2, 0) is 0 Å². The Kier molecular flexibility index (Phi) is 5.07. The molecular weight excluding hydrogens is 338 g/mol. The Morgan fingerprint density at radius 1 is 1.22 bits per heavy atom. The highest BCUT2D eigenvalue weighted by molar-refractivity contribution is 5.98. The zero-order valence-corrected chi connectivity index (χ0v) is 15.4. The number of allylic oxidation sites excluding steroid dienone is 3. The van der Waals surface area contributed by atoms with Crippen molar-refractivity contribution in [3.05, 3.63) is 67.6 Å². The molecule has 1 aromatic carbocycles. The van der Waals surface area contributed by atoms with Crippen molar-refractivity contribution in [2.45, 2.75) is 25.8 Å². The third kappa shape index (κ3) is 3.10. The topological polar surface area (TPSA) is 89.8 Å². The SMILES string of the molecule is C=C.C=CC1=C(C)CCC1n1nc(-c2ccc(O)cc2)c2c(N)ncnc21. The molecule has 0 saturated carbocycles. The van der Waals surface area contributed by atoms with Crippen molar-refractivity contribution in [2.24, 2.45) is 0 Å². The van der Waals surface area contributed by atoms with Gasteiger partial charge in [0.2, 0.25) is 0 Å². The van der Waals surface area contributed by atoms with Gasteiger partial charge in [0.1, 0.15) is 23.6 Å². The summed E-state index contributed by atoms with van der Waals surface area (Å²) < 4.78 is 1.93. The second-order valence-electron chi connectivity index (χ2n) is 6.29. The molecule has 6 heteroatoms. The molecule has 0 radical (unpaired) electrons. The molecule has 1 atom stereocenters. The number of aromatic nitrogens is 4. The van der Waals surface area contributed by atoms with Crippen LogP contribution in [0, 0.1) is 0 Å². The fourth-order valence-electron chi connectivity index (χ4n) is 3.54. The van der Waals surface area contributed by atoms with Gasteiger partial charge in [0.15, 0.2) is 5.65 Å². The first-order chi connectivity index (χ1) is 13.1. The van der Waals surface area contributed by atoms with Crippen molar-refractivity contribution in [3.8, 4) is 17.0 Å². The summed E-state index contributed by atoms with van der Waals surface area (Å²) in [5.41, 5.74) is 11.0. The Bertz CT molecular complexity index is 1020. The van der Waals surface area contributed by atoms with E-state index in [1.54, 1.807) is 12.1 Å². The number of benzene rings is 1. The van der Waals surface area contributed by atoms with Gasteiger partial charge in [-0.15, -0.1) is 13.2 Å². The van der Waals surface area contributed by atoms with Crippen LogP contribution >= 0.6 is 0 Å². The van der Waals surface area contributed by atoms with E-state index >= 15 is 0 Å². The second-order valence-corrected chi connectivity index (χ2v) is 6.29. The van der Waals surface area contributed by atoms with E-state index in [0.29, 0.717) is 5.82 Å². The predicted molar refractivity (Wildman–Crippen MR) is 109 cm³/mol. The summed E-state index contributed by atoms with van der Waals surface area (Å²) in [6.45, 7) is 12.1. The summed E-state index contributed by atoms with van der Waals surface area (Å²) in [6.07, 6.45) is 5.35. The van der Waals surface area contributed by atoms with Gasteiger partial charge in [-0.3, -0.25) is 0 Å². The molecule has 27 heavy (non-hydrogen) atoms. The summed E-state index contributed by atoms with van der Waals surface area (Å²) in [7, 11) is 0. The highest BCUT2D eigenvalue weighted by Gasteiger charge is 2.28. The van der Waals surface area contributed by atoms with E-state index in [4.69, 9.17) is 10.8 Å². The zero-order chi connectivity index (χ0) is 19.6. The molecule has 0 aliphatic heterocycles. The highest BCUT2D eigenvalue weighted by Crippen LogP contribution is 2.40. The number of nitrogen functional groups attached to an aromatic ring is 1. The quantitative estimate of drug-likeness (QED) is 0.674. The second kappa shape index (κ2) is 7.45. The molecule has 2 heterocycles. The molecule has 6 nitrogen and oxygen atoms in total. The molecule has 1 unspecified atom stereocenters. The Balaban J connectivity index is 0.00000102. The first kappa shape index (κ1) is 18.4. The third-order valence-corrected chi connectivity index (χ3v) is 4.82. The fraction of sp³-hybridized carbons (Fsp3) is 0.190. The van der Waals surface area contributed by atoms with Crippen LogP contribution in [0.4, 0.5) is 5.82 Å². The van der Waals surface area contributed by atoms with Crippen molar-refractivity contribution >= 4 is 16.9 Å². The lowest BCUT2D eigenvalue weighted by molar-refractivity contribution is 0.475. The largest absolute Gasteiger partial charge is 0.508 e. The summed E-state index contributed by atoms with van der Waals surface area (Å²) >= 11 is 0. The van der Waals surface area contributed by atoms with Crippen LogP contribution in [0.5, 0.6) is 5.75 Å². The van der Waals surface area contributed by atoms with Crippen LogP contribution in [0.3, 0.4) is 0 Å². The molecule has 0 amide bonds. The van der Waals surface area contributed by atoms with Crippen LogP contribution in [-0.4, -0.2) is 24.9 Å². The van der Waals surface area contributed by atoms with Crippen LogP contribution in [0.15, 0.2) is 67.6 Å². The van der Waals surface area contributed by atoms with Gasteiger partial charge in [0, 0.05) is 5.56 Å². The number of aromatic hydroxyl groups is 1. The Morgan fingerprint density at radius 3 is 2.59 bits per heavy atom. The van der Waals surface area contributed by atoms with Crippen LogP contribution in [0.25, 0.3) is 22.3 Å². The van der Waals surface area contributed by atoms with Crippen LogP contribution < -0.4 is 5.73 Å². The van der Waals surface area contributed by atoms with Gasteiger partial charge in [0.05, 0.1) is 11.4 Å². The van der Waals surface area contributed by atoms with Gasteiger partial charge in [0.25, 0.3) is 0 Å². The number of rotatable bonds is 3. The van der Waals surface area contributed by atoms with Crippen molar-refractivity contribution in [3.63, 3.8) is 0 Å². The summed E-state index contributed by atoms with van der Waals surface area (Å²) in [5, 5.41) is 15.1. The fourth-order valence-corrected chi connectivity index (χ4v) is 3.54. The maximum atomic E-state index is 9.55. The van der Waals surface area contributed by atoms with Crippen molar-refractivity contribution < 1.29 is 5.11 Å². The van der Waals surface area contributed by atoms with E-state index in [2.05, 4.69) is 36.6 Å². The molecular formula is C21H23N5O. The number of phenols is 1.